The molecule has 0 aliphatic heterocycles. The van der Waals surface area contributed by atoms with Gasteiger partial charge in [-0.15, -0.1) is 0 Å². The van der Waals surface area contributed by atoms with Crippen LogP contribution in [0.15, 0.2) is 103 Å². The van der Waals surface area contributed by atoms with Gasteiger partial charge in [-0.3, -0.25) is 14.7 Å². The molecule has 0 spiro atoms. The normalized spacial score (nSPS) is 12.0. The predicted octanol–water partition coefficient (Wildman–Crippen LogP) is 5.86. The van der Waals surface area contributed by atoms with E-state index in [9.17, 15) is 9.59 Å². The number of carbonyl (C=O) groups excluding carboxylic acids is 2. The van der Waals surface area contributed by atoms with E-state index in [-0.39, 0.29) is 11.7 Å². The Kier molecular flexibility index (Phi) is 7.01. The number of aromatic amines is 1. The highest BCUT2D eigenvalue weighted by Gasteiger charge is 2.19. The molecular formula is C31H26N4O2. The maximum atomic E-state index is 13.3. The van der Waals surface area contributed by atoms with Crippen LogP contribution in [0.1, 0.15) is 38.8 Å². The zero-order chi connectivity index (χ0) is 25.6. The van der Waals surface area contributed by atoms with Gasteiger partial charge in [-0.2, -0.15) is 5.10 Å². The van der Waals surface area contributed by atoms with Gasteiger partial charge in [0.2, 0.25) is 5.91 Å². The van der Waals surface area contributed by atoms with Crippen molar-refractivity contribution in [1.82, 2.24) is 15.5 Å². The second kappa shape index (κ2) is 10.8. The number of nitrogens with zero attached hydrogens (tertiary/aromatic N) is 1. The summed E-state index contributed by atoms with van der Waals surface area (Å²) in [6.45, 7) is 0. The van der Waals surface area contributed by atoms with Crippen LogP contribution in [0.25, 0.3) is 23.1 Å². The third kappa shape index (κ3) is 5.39. The van der Waals surface area contributed by atoms with Crippen LogP contribution in [-0.2, 0) is 4.79 Å². The summed E-state index contributed by atoms with van der Waals surface area (Å²) in [5, 5.41) is 14.3. The molecule has 1 amide bonds. The molecule has 1 heterocycles. The molecule has 0 saturated heterocycles. The van der Waals surface area contributed by atoms with Gasteiger partial charge in [0.05, 0.1) is 11.2 Å². The molecule has 1 unspecified atom stereocenters. The number of H-pyrrole nitrogens is 1. The fourth-order valence-corrected chi connectivity index (χ4v) is 4.26. The summed E-state index contributed by atoms with van der Waals surface area (Å²) >= 11 is 0. The number of rotatable bonds is 8. The quantitative estimate of drug-likeness (QED) is 0.240. The lowest BCUT2D eigenvalue weighted by atomic mass is 10.0. The number of aromatic nitrogens is 2. The van der Waals surface area contributed by atoms with E-state index in [0.29, 0.717) is 16.8 Å². The van der Waals surface area contributed by atoms with Gasteiger partial charge < -0.3 is 10.6 Å². The Hall–Kier alpha value is -4.81. The molecule has 4 aromatic carbocycles. The largest absolute Gasteiger partial charge is 0.324 e. The summed E-state index contributed by atoms with van der Waals surface area (Å²) in [5.41, 5.74) is 5.12. The van der Waals surface area contributed by atoms with Crippen molar-refractivity contribution in [1.29, 1.82) is 0 Å². The molecule has 37 heavy (non-hydrogen) atoms. The Bertz CT molecular complexity index is 1570. The molecule has 0 aliphatic rings. The molecule has 0 bridgehead atoms. The van der Waals surface area contributed by atoms with Gasteiger partial charge in [-0.05, 0) is 48.5 Å². The standard InChI is InChI=1S/C31H26N4O2/c1-32-29(22-11-6-3-7-12-22)31(37)33-25-14-8-13-23(19-25)30(36)24-16-17-26-27(34-35-28(26)20-24)18-15-21-9-4-2-5-10-21/h2-20,29,32H,1H3,(H,33,37)(H,34,35)/b18-15+. The third-order valence-corrected chi connectivity index (χ3v) is 6.16. The second-order valence-electron chi connectivity index (χ2n) is 8.64. The number of amides is 1. The molecule has 5 rings (SSSR count). The highest BCUT2D eigenvalue weighted by atomic mass is 16.2. The van der Waals surface area contributed by atoms with Crippen molar-refractivity contribution < 1.29 is 9.59 Å². The molecule has 182 valence electrons. The first-order valence-electron chi connectivity index (χ1n) is 12.0. The molecule has 0 radical (unpaired) electrons. The van der Waals surface area contributed by atoms with Gasteiger partial charge in [0.1, 0.15) is 6.04 Å². The lowest BCUT2D eigenvalue weighted by Crippen LogP contribution is -2.30. The summed E-state index contributed by atoms with van der Waals surface area (Å²) in [4.78, 5) is 26.2. The Balaban J connectivity index is 1.33. The monoisotopic (exact) mass is 486 g/mol. The summed E-state index contributed by atoms with van der Waals surface area (Å²) in [6, 6.07) is 31.5. The molecule has 1 aromatic heterocycles. The molecule has 0 saturated carbocycles. The van der Waals surface area contributed by atoms with Crippen molar-refractivity contribution in [3.05, 3.63) is 131 Å². The van der Waals surface area contributed by atoms with E-state index in [0.717, 1.165) is 27.7 Å². The van der Waals surface area contributed by atoms with Crippen LogP contribution >= 0.6 is 0 Å². The van der Waals surface area contributed by atoms with Crippen LogP contribution < -0.4 is 10.6 Å². The highest BCUT2D eigenvalue weighted by Crippen LogP contribution is 2.23. The van der Waals surface area contributed by atoms with Gasteiger partial charge in [0, 0.05) is 22.2 Å². The number of carbonyl (C=O) groups is 2. The zero-order valence-corrected chi connectivity index (χ0v) is 20.3. The molecule has 6 heteroatoms. The number of hydrogen-bond donors (Lipinski definition) is 3. The van der Waals surface area contributed by atoms with E-state index < -0.39 is 6.04 Å². The second-order valence-corrected chi connectivity index (χ2v) is 8.64. The average Bonchev–Trinajstić information content (AvgIpc) is 3.35. The van der Waals surface area contributed by atoms with Crippen LogP contribution in [0.3, 0.4) is 0 Å². The first kappa shape index (κ1) is 23.9. The van der Waals surface area contributed by atoms with Gasteiger partial charge in [0.25, 0.3) is 0 Å². The lowest BCUT2D eigenvalue weighted by molar-refractivity contribution is -0.118. The topological polar surface area (TPSA) is 86.9 Å². The summed E-state index contributed by atoms with van der Waals surface area (Å²) in [6.07, 6.45) is 3.96. The Labute approximate surface area is 215 Å². The van der Waals surface area contributed by atoms with Crippen molar-refractivity contribution in [2.45, 2.75) is 6.04 Å². The van der Waals surface area contributed by atoms with Crippen molar-refractivity contribution in [3.8, 4) is 0 Å². The van der Waals surface area contributed by atoms with E-state index in [2.05, 4.69) is 20.8 Å². The first-order chi connectivity index (χ1) is 18.1. The summed E-state index contributed by atoms with van der Waals surface area (Å²) in [7, 11) is 1.74. The summed E-state index contributed by atoms with van der Waals surface area (Å²) in [5.74, 6) is -0.338. The zero-order valence-electron chi connectivity index (χ0n) is 20.3. The van der Waals surface area contributed by atoms with Gasteiger partial charge in [-0.25, -0.2) is 0 Å². The minimum atomic E-state index is -0.506. The van der Waals surface area contributed by atoms with Gasteiger partial charge in [-0.1, -0.05) is 84.9 Å². The van der Waals surface area contributed by atoms with Crippen LogP contribution in [0, 0.1) is 0 Å². The predicted molar refractivity (Wildman–Crippen MR) is 148 cm³/mol. The molecule has 5 aromatic rings. The Morgan fingerprint density at radius 1 is 0.811 bits per heavy atom. The van der Waals surface area contributed by atoms with Crippen LogP contribution in [-0.4, -0.2) is 28.9 Å². The molecular weight excluding hydrogens is 460 g/mol. The fraction of sp³-hybridized carbons (Fsp3) is 0.0645. The number of ketones is 1. The molecule has 6 nitrogen and oxygen atoms in total. The molecule has 0 aliphatic carbocycles. The van der Waals surface area contributed by atoms with Crippen molar-refractivity contribution in [2.24, 2.45) is 0 Å². The van der Waals surface area contributed by atoms with Gasteiger partial charge >= 0.3 is 0 Å². The smallest absolute Gasteiger partial charge is 0.246 e. The molecule has 3 N–H and O–H groups in total. The van der Waals surface area contributed by atoms with E-state index in [1.54, 1.807) is 37.4 Å². The maximum absolute atomic E-state index is 13.3. The van der Waals surface area contributed by atoms with E-state index in [4.69, 9.17) is 0 Å². The number of hydrogen-bond acceptors (Lipinski definition) is 4. The Morgan fingerprint density at radius 2 is 1.54 bits per heavy atom. The number of benzene rings is 4. The van der Waals surface area contributed by atoms with E-state index in [1.807, 2.05) is 84.9 Å². The minimum Gasteiger partial charge on any atom is -0.324 e. The van der Waals surface area contributed by atoms with Crippen molar-refractivity contribution in [2.75, 3.05) is 12.4 Å². The van der Waals surface area contributed by atoms with Crippen LogP contribution in [0.5, 0.6) is 0 Å². The fourth-order valence-electron chi connectivity index (χ4n) is 4.26. The first-order valence-corrected chi connectivity index (χ1v) is 12.0. The molecule has 1 atom stereocenters. The average molecular weight is 487 g/mol. The highest BCUT2D eigenvalue weighted by molar-refractivity contribution is 6.11. The van der Waals surface area contributed by atoms with E-state index >= 15 is 0 Å². The number of nitrogens with one attached hydrogen (secondary N) is 3. The SMILES string of the molecule is CNC(C(=O)Nc1cccc(C(=O)c2ccc3c(/C=C/c4ccccc4)n[nH]c3c2)c1)c1ccccc1. The Morgan fingerprint density at radius 3 is 2.30 bits per heavy atom. The number of likely N-dealkylation sites (N-methyl/N-ethyl adjacent to an activating group) is 1. The maximum Gasteiger partial charge on any atom is 0.246 e. The summed E-state index contributed by atoms with van der Waals surface area (Å²) < 4.78 is 0. The van der Waals surface area contributed by atoms with Gasteiger partial charge in [0.15, 0.2) is 5.78 Å². The van der Waals surface area contributed by atoms with E-state index in [1.165, 1.54) is 0 Å². The lowest BCUT2D eigenvalue weighted by Gasteiger charge is -2.16. The third-order valence-electron chi connectivity index (χ3n) is 6.16. The van der Waals surface area contributed by atoms with Crippen LogP contribution in [0.4, 0.5) is 5.69 Å². The number of fused-ring (bicyclic) bond motifs is 1. The minimum absolute atomic E-state index is 0.137. The van der Waals surface area contributed by atoms with Crippen LogP contribution in [0.2, 0.25) is 0 Å². The van der Waals surface area contributed by atoms with Crippen molar-refractivity contribution >= 4 is 40.4 Å². The molecule has 0 fully saturated rings. The van der Waals surface area contributed by atoms with Crippen molar-refractivity contribution in [3.63, 3.8) is 0 Å². The number of anilines is 1.